The van der Waals surface area contributed by atoms with Gasteiger partial charge in [0.25, 0.3) is 10.0 Å². The molecule has 0 aliphatic rings. The molecule has 15 nitrogen and oxygen atoms in total. The highest BCUT2D eigenvalue weighted by Gasteiger charge is 2.17. The van der Waals surface area contributed by atoms with E-state index in [1.165, 1.54) is 42.5 Å². The van der Waals surface area contributed by atoms with Gasteiger partial charge in [-0.2, -0.15) is 0 Å². The van der Waals surface area contributed by atoms with Crippen molar-refractivity contribution in [3.05, 3.63) is 65.2 Å². The van der Waals surface area contributed by atoms with E-state index < -0.39 is 50.6 Å². The topological polar surface area (TPSA) is 238 Å². The molecule has 196 valence electrons. The third-order valence-electron chi connectivity index (χ3n) is 4.10. The number of hydrogen-bond acceptors (Lipinski definition) is 9. The summed E-state index contributed by atoms with van der Waals surface area (Å²) < 4.78 is 71.7. The summed E-state index contributed by atoms with van der Waals surface area (Å²) in [6.45, 7) is -0.491. The van der Waals surface area contributed by atoms with Crippen molar-refractivity contribution < 1.29 is 40.3 Å². The van der Waals surface area contributed by atoms with Crippen LogP contribution >= 0.6 is 0 Å². The van der Waals surface area contributed by atoms with Gasteiger partial charge in [0.15, 0.2) is 0 Å². The number of rotatable bonds is 10. The maximum atomic E-state index is 12.3. The number of benzene rings is 2. The molecule has 6 N–H and O–H groups in total. The number of nitrogens with one attached hydrogen (secondary N) is 6. The first kappa shape index (κ1) is 28.7. The lowest BCUT2D eigenvalue weighted by atomic mass is 10.1. The van der Waals surface area contributed by atoms with Crippen molar-refractivity contribution in [3.8, 4) is 0 Å². The molecule has 18 heteroatoms. The van der Waals surface area contributed by atoms with E-state index in [-0.39, 0.29) is 24.5 Å². The molecule has 0 saturated carbocycles. The molecule has 2 aromatic carbocycles. The smallest absolute Gasteiger partial charge is 0.328 e. The summed E-state index contributed by atoms with van der Waals surface area (Å²) in [6, 6.07) is 8.75. The number of carbonyl (C=O) groups excluding carboxylic acids is 3. The third kappa shape index (κ3) is 10.4. The fraction of sp³-hybridized carbons (Fsp3) is 0.167. The van der Waals surface area contributed by atoms with Gasteiger partial charge in [-0.15, -0.1) is 0 Å². The molecule has 0 spiro atoms. The van der Waals surface area contributed by atoms with Crippen LogP contribution < -0.4 is 30.1 Å². The van der Waals surface area contributed by atoms with E-state index in [1.54, 1.807) is 15.5 Å². The maximum Gasteiger partial charge on any atom is 0.328 e. The summed E-state index contributed by atoms with van der Waals surface area (Å²) in [5.41, 5.74) is 1.25. The van der Waals surface area contributed by atoms with Crippen LogP contribution in [0.15, 0.2) is 53.4 Å². The predicted octanol–water partition coefficient (Wildman–Crippen LogP) is -0.939. The summed E-state index contributed by atoms with van der Waals surface area (Å²) in [5, 5.41) is 6.94. The van der Waals surface area contributed by atoms with Crippen molar-refractivity contribution in [1.82, 2.24) is 30.1 Å². The quantitative estimate of drug-likeness (QED) is 0.196. The SMILES string of the molecule is O=C(NCc1cc(CNC(=O)NS(=O)[O-])cc(CNC(=O)NS(=O)(=O)c2ccccc2)c1)NS(=O)[O-]. The van der Waals surface area contributed by atoms with Crippen LogP contribution in [0.1, 0.15) is 16.7 Å². The van der Waals surface area contributed by atoms with E-state index in [0.29, 0.717) is 16.7 Å². The minimum atomic E-state index is -4.11. The normalized spacial score (nSPS) is 12.5. The van der Waals surface area contributed by atoms with Crippen molar-refractivity contribution in [2.45, 2.75) is 24.5 Å². The Balaban J connectivity index is 2.10. The first-order valence-electron chi connectivity index (χ1n) is 9.69. The Kier molecular flexibility index (Phi) is 10.7. The Morgan fingerprint density at radius 1 is 0.694 bits per heavy atom. The first-order chi connectivity index (χ1) is 16.9. The van der Waals surface area contributed by atoms with Crippen LogP contribution in [0, 0.1) is 0 Å². The summed E-state index contributed by atoms with van der Waals surface area (Å²) in [4.78, 5) is 35.1. The molecule has 0 aliphatic carbocycles. The molecule has 0 radical (unpaired) electrons. The zero-order valence-corrected chi connectivity index (χ0v) is 20.6. The second-order valence-corrected chi connectivity index (χ2v) is 9.83. The van der Waals surface area contributed by atoms with Crippen LogP contribution in [-0.4, -0.2) is 44.0 Å². The van der Waals surface area contributed by atoms with Gasteiger partial charge in [-0.25, -0.2) is 27.5 Å². The van der Waals surface area contributed by atoms with E-state index in [1.807, 2.05) is 4.72 Å². The molecule has 2 atom stereocenters. The molecule has 36 heavy (non-hydrogen) atoms. The Morgan fingerprint density at radius 3 is 1.47 bits per heavy atom. The molecule has 0 saturated heterocycles. The van der Waals surface area contributed by atoms with Gasteiger partial charge >= 0.3 is 18.1 Å². The van der Waals surface area contributed by atoms with Gasteiger partial charge in [-0.05, 0) is 28.8 Å². The Morgan fingerprint density at radius 2 is 1.08 bits per heavy atom. The summed E-state index contributed by atoms with van der Waals surface area (Å²) >= 11 is -5.65. The zero-order chi connectivity index (χ0) is 26.7. The average Bonchev–Trinajstić information content (AvgIpc) is 2.79. The van der Waals surface area contributed by atoms with Crippen molar-refractivity contribution in [2.24, 2.45) is 0 Å². The third-order valence-corrected chi connectivity index (χ3v) is 6.16. The number of amides is 6. The molecule has 6 amide bonds. The zero-order valence-electron chi connectivity index (χ0n) is 18.1. The number of sulfonamides is 1. The molecule has 2 rings (SSSR count). The molecule has 0 aromatic heterocycles. The highest BCUT2D eigenvalue weighted by Crippen LogP contribution is 2.12. The molecular weight excluding hydrogens is 540 g/mol. The Labute approximate surface area is 210 Å². The highest BCUT2D eigenvalue weighted by molar-refractivity contribution is 7.90. The largest absolute Gasteiger partial charge is 0.755 e. The molecule has 2 aromatic rings. The molecule has 0 aliphatic heterocycles. The standard InChI is InChI=1S/C18H22N6O9S3/c25-16(22-34(28)29)19-9-12-6-13(10-20-17(26)23-35(30)31)8-14(7-12)11-21-18(27)24-36(32,33)15-4-2-1-3-5-15/h1-8H,9-11H2,(H,28,29)(H,30,31)(H2,19,22,25)(H2,20,23,26)(H2,21,24,27)/p-2. The van der Waals surface area contributed by atoms with Crippen molar-refractivity contribution >= 4 is 50.6 Å². The minimum Gasteiger partial charge on any atom is -0.755 e. The van der Waals surface area contributed by atoms with Gasteiger partial charge in [-0.1, -0.05) is 36.4 Å². The van der Waals surface area contributed by atoms with Gasteiger partial charge in [0.2, 0.25) is 0 Å². The van der Waals surface area contributed by atoms with E-state index >= 15 is 0 Å². The molecule has 2 unspecified atom stereocenters. The van der Waals surface area contributed by atoms with E-state index in [2.05, 4.69) is 16.0 Å². The lowest BCUT2D eigenvalue weighted by Crippen LogP contribution is -2.39. The van der Waals surface area contributed by atoms with Crippen LogP contribution in [0.2, 0.25) is 0 Å². The number of carbonyl (C=O) groups is 3. The van der Waals surface area contributed by atoms with Crippen LogP contribution in [0.4, 0.5) is 14.4 Å². The van der Waals surface area contributed by atoms with Crippen LogP contribution in [-0.2, 0) is 52.2 Å². The van der Waals surface area contributed by atoms with Gasteiger partial charge in [0.05, 0.1) is 4.90 Å². The lowest BCUT2D eigenvalue weighted by Gasteiger charge is -2.14. The number of hydrogen-bond donors (Lipinski definition) is 6. The molecule has 0 fully saturated rings. The van der Waals surface area contributed by atoms with Crippen LogP contribution in [0.25, 0.3) is 0 Å². The molecular formula is C18H20N6O9S3-2. The molecule has 0 heterocycles. The highest BCUT2D eigenvalue weighted by atomic mass is 32.2. The van der Waals surface area contributed by atoms with Gasteiger partial charge in [0.1, 0.15) is 0 Å². The van der Waals surface area contributed by atoms with Gasteiger partial charge < -0.3 is 25.1 Å². The van der Waals surface area contributed by atoms with Crippen molar-refractivity contribution in [1.29, 1.82) is 0 Å². The van der Waals surface area contributed by atoms with Crippen LogP contribution in [0.5, 0.6) is 0 Å². The van der Waals surface area contributed by atoms with E-state index in [9.17, 15) is 40.3 Å². The minimum absolute atomic E-state index is 0.115. The lowest BCUT2D eigenvalue weighted by molar-refractivity contribution is 0.244. The Bertz CT molecular complexity index is 1210. The summed E-state index contributed by atoms with van der Waals surface area (Å²) in [7, 11) is -4.11. The van der Waals surface area contributed by atoms with Crippen molar-refractivity contribution in [2.75, 3.05) is 0 Å². The first-order valence-corrected chi connectivity index (χ1v) is 13.3. The fourth-order valence-corrected chi connectivity index (χ4v) is 4.13. The van der Waals surface area contributed by atoms with E-state index in [0.717, 1.165) is 0 Å². The van der Waals surface area contributed by atoms with Gasteiger partial charge in [0, 0.05) is 42.2 Å². The van der Waals surface area contributed by atoms with Crippen molar-refractivity contribution in [3.63, 3.8) is 0 Å². The number of urea groups is 3. The van der Waals surface area contributed by atoms with Gasteiger partial charge in [-0.3, -0.25) is 17.9 Å². The second-order valence-electron chi connectivity index (χ2n) is 6.80. The maximum absolute atomic E-state index is 12.3. The Hall–Kier alpha value is -3.58. The summed E-state index contributed by atoms with van der Waals surface area (Å²) in [6.07, 6.45) is 0. The average molecular weight is 561 g/mol. The summed E-state index contributed by atoms with van der Waals surface area (Å²) in [5.74, 6) is 0. The molecule has 0 bridgehead atoms. The second kappa shape index (κ2) is 13.5. The monoisotopic (exact) mass is 560 g/mol. The van der Waals surface area contributed by atoms with Crippen LogP contribution in [0.3, 0.4) is 0 Å². The van der Waals surface area contributed by atoms with E-state index in [4.69, 9.17) is 0 Å². The fourth-order valence-electron chi connectivity index (χ4n) is 2.73. The predicted molar refractivity (Wildman–Crippen MR) is 124 cm³/mol.